The lowest BCUT2D eigenvalue weighted by Crippen LogP contribution is -2.02. The topological polar surface area (TPSA) is 82.5 Å². The van der Waals surface area contributed by atoms with E-state index in [9.17, 15) is 4.79 Å². The summed E-state index contributed by atoms with van der Waals surface area (Å²) in [6, 6.07) is 12.5. The van der Waals surface area contributed by atoms with Crippen LogP contribution in [0.4, 0.5) is 0 Å². The van der Waals surface area contributed by atoms with E-state index in [-0.39, 0.29) is 11.5 Å². The highest BCUT2D eigenvalue weighted by molar-refractivity contribution is 7.08. The van der Waals surface area contributed by atoms with Crippen molar-refractivity contribution in [2.24, 2.45) is 0 Å². The molecule has 0 saturated heterocycles. The van der Waals surface area contributed by atoms with Crippen LogP contribution < -0.4 is 10.4 Å². The third-order valence-electron chi connectivity index (χ3n) is 4.61. The summed E-state index contributed by atoms with van der Waals surface area (Å²) in [6.07, 6.45) is 0. The molecule has 0 bridgehead atoms. The van der Waals surface area contributed by atoms with Crippen LogP contribution in [0.2, 0.25) is 0 Å². The Morgan fingerprint density at radius 3 is 2.79 bits per heavy atom. The van der Waals surface area contributed by atoms with E-state index in [1.807, 2.05) is 42.8 Å². The van der Waals surface area contributed by atoms with E-state index in [1.54, 1.807) is 40.1 Å². The number of hydrogen-bond donors (Lipinski definition) is 0. The molecule has 0 spiro atoms. The molecule has 4 heterocycles. The Morgan fingerprint density at radius 1 is 1.10 bits per heavy atom. The summed E-state index contributed by atoms with van der Waals surface area (Å²) in [5.74, 6) is 1.77. The average Bonchev–Trinajstić information content (AvgIpc) is 3.36. The summed E-state index contributed by atoms with van der Waals surface area (Å²) >= 11 is 1.58. The molecule has 0 saturated carbocycles. The zero-order valence-electron chi connectivity index (χ0n) is 15.7. The number of fused-ring (bicyclic) bond motifs is 2. The van der Waals surface area contributed by atoms with Crippen molar-refractivity contribution in [3.05, 3.63) is 69.2 Å². The number of hydrogen-bond acceptors (Lipinski definition) is 7. The van der Waals surface area contributed by atoms with E-state index < -0.39 is 0 Å². The monoisotopic (exact) mass is 404 g/mol. The molecule has 0 N–H and O–H groups in total. The van der Waals surface area contributed by atoms with Gasteiger partial charge in [0, 0.05) is 34.5 Å². The average molecular weight is 404 g/mol. The number of aromatic nitrogens is 4. The van der Waals surface area contributed by atoms with Crippen molar-refractivity contribution >= 4 is 28.0 Å². The van der Waals surface area contributed by atoms with E-state index in [0.717, 1.165) is 16.5 Å². The quantitative estimate of drug-likeness (QED) is 0.397. The van der Waals surface area contributed by atoms with Gasteiger partial charge < -0.3 is 9.15 Å². The molecule has 7 nitrogen and oxygen atoms in total. The molecule has 0 unspecified atom stereocenters. The maximum Gasteiger partial charge on any atom is 0.336 e. The third-order valence-corrected chi connectivity index (χ3v) is 5.29. The van der Waals surface area contributed by atoms with Crippen molar-refractivity contribution in [1.82, 2.24) is 19.8 Å². The Labute approximate surface area is 169 Å². The predicted molar refractivity (Wildman–Crippen MR) is 111 cm³/mol. The van der Waals surface area contributed by atoms with Crippen LogP contribution in [0.15, 0.2) is 62.4 Å². The van der Waals surface area contributed by atoms with E-state index in [2.05, 4.69) is 15.3 Å². The first-order chi connectivity index (χ1) is 14.1. The SMILES string of the molecule is CC(C)c1cc(=O)oc2cc(Oc3ccc4nnc(-c5ccsc5)n4n3)ccc12. The lowest BCUT2D eigenvalue weighted by Gasteiger charge is -2.10. The normalized spacial score (nSPS) is 11.6. The Hall–Kier alpha value is -3.52. The molecular weight excluding hydrogens is 388 g/mol. The second kappa shape index (κ2) is 6.82. The second-order valence-electron chi connectivity index (χ2n) is 6.91. The molecule has 0 atom stereocenters. The van der Waals surface area contributed by atoms with Crippen molar-refractivity contribution < 1.29 is 9.15 Å². The second-order valence-corrected chi connectivity index (χ2v) is 7.69. The molecule has 0 aliphatic carbocycles. The van der Waals surface area contributed by atoms with E-state index in [4.69, 9.17) is 9.15 Å². The fourth-order valence-electron chi connectivity index (χ4n) is 3.23. The lowest BCUT2D eigenvalue weighted by atomic mass is 10.00. The predicted octanol–water partition coefficient (Wildman–Crippen LogP) is 4.87. The van der Waals surface area contributed by atoms with Gasteiger partial charge in [-0.25, -0.2) is 4.79 Å². The molecule has 0 fully saturated rings. The van der Waals surface area contributed by atoms with Gasteiger partial charge in [0.2, 0.25) is 5.88 Å². The maximum atomic E-state index is 11.9. The van der Waals surface area contributed by atoms with Gasteiger partial charge in [-0.3, -0.25) is 0 Å². The van der Waals surface area contributed by atoms with Crippen LogP contribution in [0.1, 0.15) is 25.3 Å². The molecule has 0 aliphatic heterocycles. The van der Waals surface area contributed by atoms with Gasteiger partial charge >= 0.3 is 5.63 Å². The van der Waals surface area contributed by atoms with Crippen LogP contribution in [0.5, 0.6) is 11.6 Å². The zero-order valence-corrected chi connectivity index (χ0v) is 16.5. The highest BCUT2D eigenvalue weighted by atomic mass is 32.1. The van der Waals surface area contributed by atoms with Crippen molar-refractivity contribution in [2.45, 2.75) is 19.8 Å². The molecule has 144 valence electrons. The molecule has 4 aromatic heterocycles. The number of benzene rings is 1. The molecule has 29 heavy (non-hydrogen) atoms. The molecule has 1 aromatic carbocycles. The van der Waals surface area contributed by atoms with Gasteiger partial charge in [0.25, 0.3) is 0 Å². The molecular formula is C21H16N4O3S. The van der Waals surface area contributed by atoms with Gasteiger partial charge in [0.05, 0.1) is 0 Å². The van der Waals surface area contributed by atoms with Crippen molar-refractivity contribution in [3.8, 4) is 23.0 Å². The lowest BCUT2D eigenvalue weighted by molar-refractivity contribution is 0.451. The van der Waals surface area contributed by atoms with Crippen LogP contribution in [0.25, 0.3) is 28.0 Å². The van der Waals surface area contributed by atoms with E-state index >= 15 is 0 Å². The summed E-state index contributed by atoms with van der Waals surface area (Å²) in [5, 5.41) is 17.7. The zero-order chi connectivity index (χ0) is 20.0. The first kappa shape index (κ1) is 17.6. The number of rotatable bonds is 4. The van der Waals surface area contributed by atoms with Gasteiger partial charge in [0.1, 0.15) is 11.3 Å². The minimum Gasteiger partial charge on any atom is -0.437 e. The number of ether oxygens (including phenoxy) is 1. The standard InChI is InChI=1S/C21H16N4O3S/c1-12(2)16-10-20(26)28-17-9-14(3-4-15(16)17)27-19-6-5-18-22-23-21(25(18)24-19)13-7-8-29-11-13/h3-12H,1-2H3. The summed E-state index contributed by atoms with van der Waals surface area (Å²) < 4.78 is 13.0. The summed E-state index contributed by atoms with van der Waals surface area (Å²) in [7, 11) is 0. The van der Waals surface area contributed by atoms with Crippen LogP contribution in [0.3, 0.4) is 0 Å². The first-order valence-electron chi connectivity index (χ1n) is 9.09. The Balaban J connectivity index is 1.54. The highest BCUT2D eigenvalue weighted by Crippen LogP contribution is 2.29. The summed E-state index contributed by atoms with van der Waals surface area (Å²) in [4.78, 5) is 11.9. The Bertz CT molecular complexity index is 1390. The molecule has 8 heteroatoms. The van der Waals surface area contributed by atoms with E-state index in [0.29, 0.717) is 28.7 Å². The van der Waals surface area contributed by atoms with Gasteiger partial charge in [0.15, 0.2) is 11.5 Å². The maximum absolute atomic E-state index is 11.9. The largest absolute Gasteiger partial charge is 0.437 e. The molecule has 0 aliphatic rings. The molecule has 5 rings (SSSR count). The van der Waals surface area contributed by atoms with Crippen molar-refractivity contribution in [1.29, 1.82) is 0 Å². The number of nitrogens with zero attached hydrogens (tertiary/aromatic N) is 4. The smallest absolute Gasteiger partial charge is 0.336 e. The third kappa shape index (κ3) is 3.17. The molecule has 0 amide bonds. The van der Waals surface area contributed by atoms with Gasteiger partial charge in [-0.1, -0.05) is 13.8 Å². The molecule has 0 radical (unpaired) electrons. The Morgan fingerprint density at radius 2 is 2.00 bits per heavy atom. The summed E-state index contributed by atoms with van der Waals surface area (Å²) in [6.45, 7) is 4.09. The highest BCUT2D eigenvalue weighted by Gasteiger charge is 2.13. The van der Waals surface area contributed by atoms with Gasteiger partial charge in [-0.2, -0.15) is 15.9 Å². The summed E-state index contributed by atoms with van der Waals surface area (Å²) in [5.41, 5.74) is 2.64. The van der Waals surface area contributed by atoms with Crippen LogP contribution >= 0.6 is 11.3 Å². The van der Waals surface area contributed by atoms with Crippen LogP contribution in [-0.2, 0) is 0 Å². The van der Waals surface area contributed by atoms with Gasteiger partial charge in [-0.15, -0.1) is 15.3 Å². The fourth-order valence-corrected chi connectivity index (χ4v) is 3.86. The fraction of sp³-hybridized carbons (Fsp3) is 0.143. The minimum absolute atomic E-state index is 0.210. The molecule has 5 aromatic rings. The Kier molecular flexibility index (Phi) is 4.13. The van der Waals surface area contributed by atoms with Crippen LogP contribution in [0, 0.1) is 0 Å². The van der Waals surface area contributed by atoms with Crippen LogP contribution in [-0.4, -0.2) is 19.8 Å². The van der Waals surface area contributed by atoms with Gasteiger partial charge in [-0.05, 0) is 41.1 Å². The van der Waals surface area contributed by atoms with Crippen molar-refractivity contribution in [2.75, 3.05) is 0 Å². The van der Waals surface area contributed by atoms with E-state index in [1.165, 1.54) is 0 Å². The van der Waals surface area contributed by atoms with Crippen molar-refractivity contribution in [3.63, 3.8) is 0 Å². The number of thiophene rings is 1. The first-order valence-corrected chi connectivity index (χ1v) is 10.0. The minimum atomic E-state index is -0.372.